The Morgan fingerprint density at radius 1 is 1.19 bits per heavy atom. The molecule has 9 heteroatoms. The topological polar surface area (TPSA) is 97.2 Å². The maximum atomic E-state index is 12.8. The van der Waals surface area contributed by atoms with E-state index in [1.165, 1.54) is 25.7 Å². The number of anilines is 2. The Bertz CT molecular complexity index is 1180. The predicted octanol–water partition coefficient (Wildman–Crippen LogP) is 2.34. The molecule has 9 nitrogen and oxygen atoms in total. The van der Waals surface area contributed by atoms with Crippen molar-refractivity contribution in [3.8, 4) is 5.75 Å². The van der Waals surface area contributed by atoms with Crippen molar-refractivity contribution in [1.82, 2.24) is 25.1 Å². The molecule has 2 N–H and O–H groups in total. The van der Waals surface area contributed by atoms with E-state index < -0.39 is 0 Å². The minimum absolute atomic E-state index is 0.272. The summed E-state index contributed by atoms with van der Waals surface area (Å²) in [6.07, 6.45) is 10.4. The zero-order chi connectivity index (χ0) is 21.9. The normalized spacial score (nSPS) is 21.3. The summed E-state index contributed by atoms with van der Waals surface area (Å²) < 4.78 is 7.16. The Morgan fingerprint density at radius 2 is 2.03 bits per heavy atom. The summed E-state index contributed by atoms with van der Waals surface area (Å²) in [4.78, 5) is 23.9. The van der Waals surface area contributed by atoms with E-state index in [4.69, 9.17) is 4.74 Å². The van der Waals surface area contributed by atoms with Crippen LogP contribution in [0.4, 0.5) is 11.5 Å². The minimum atomic E-state index is -0.321. The molecule has 3 fully saturated rings. The van der Waals surface area contributed by atoms with Gasteiger partial charge < -0.3 is 20.3 Å². The molecular weight excluding hydrogens is 406 g/mol. The number of aromatic nitrogens is 4. The summed E-state index contributed by atoms with van der Waals surface area (Å²) in [7, 11) is 3.43. The number of carbonyl (C=O) groups is 1. The molecule has 6 rings (SSSR count). The molecule has 1 atom stereocenters. The molecule has 1 aliphatic heterocycles. The van der Waals surface area contributed by atoms with Crippen LogP contribution in [-0.2, 0) is 7.05 Å². The highest BCUT2D eigenvalue weighted by atomic mass is 16.5. The van der Waals surface area contributed by atoms with Gasteiger partial charge in [-0.15, -0.1) is 0 Å². The molecule has 3 aliphatic rings. The number of amides is 1. The Hall–Kier alpha value is -3.20. The zero-order valence-electron chi connectivity index (χ0n) is 18.3. The van der Waals surface area contributed by atoms with Crippen molar-refractivity contribution >= 4 is 28.3 Å². The number of fused-ring (bicyclic) bond motifs is 1. The van der Waals surface area contributed by atoms with E-state index in [2.05, 4.69) is 30.6 Å². The van der Waals surface area contributed by atoms with Gasteiger partial charge in [0.05, 0.1) is 30.7 Å². The molecule has 32 heavy (non-hydrogen) atoms. The molecular formula is C23H27N7O2. The van der Waals surface area contributed by atoms with E-state index >= 15 is 0 Å². The van der Waals surface area contributed by atoms with Crippen molar-refractivity contribution < 1.29 is 9.53 Å². The molecule has 2 saturated carbocycles. The Balaban J connectivity index is 1.12. The maximum absolute atomic E-state index is 12.8. The van der Waals surface area contributed by atoms with E-state index in [0.717, 1.165) is 35.9 Å². The molecule has 1 spiro atoms. The van der Waals surface area contributed by atoms with Crippen molar-refractivity contribution in [1.29, 1.82) is 0 Å². The average molecular weight is 434 g/mol. The van der Waals surface area contributed by atoms with Gasteiger partial charge in [-0.1, -0.05) is 0 Å². The first kappa shape index (κ1) is 19.5. The van der Waals surface area contributed by atoms with E-state index in [-0.39, 0.29) is 11.6 Å². The fourth-order valence-electron chi connectivity index (χ4n) is 4.98. The van der Waals surface area contributed by atoms with Crippen LogP contribution in [0.15, 0.2) is 30.7 Å². The first-order chi connectivity index (χ1) is 15.5. The van der Waals surface area contributed by atoms with Crippen LogP contribution in [0.25, 0.3) is 10.9 Å². The highest BCUT2D eigenvalue weighted by Crippen LogP contribution is 2.50. The third kappa shape index (κ3) is 3.28. The highest BCUT2D eigenvalue weighted by molar-refractivity contribution is 6.04. The van der Waals surface area contributed by atoms with Crippen LogP contribution >= 0.6 is 0 Å². The number of hydrogen-bond acceptors (Lipinski definition) is 7. The number of nitrogens with one attached hydrogen (secondary N) is 2. The molecule has 0 radical (unpaired) electrons. The summed E-state index contributed by atoms with van der Waals surface area (Å²) >= 11 is 0. The van der Waals surface area contributed by atoms with E-state index in [1.54, 1.807) is 24.2 Å². The monoisotopic (exact) mass is 433 g/mol. The van der Waals surface area contributed by atoms with Crippen molar-refractivity contribution in [2.75, 3.05) is 30.4 Å². The van der Waals surface area contributed by atoms with Gasteiger partial charge in [0.25, 0.3) is 5.91 Å². The van der Waals surface area contributed by atoms with Crippen LogP contribution in [0.5, 0.6) is 5.75 Å². The third-order valence-corrected chi connectivity index (χ3v) is 7.08. The van der Waals surface area contributed by atoms with E-state index in [9.17, 15) is 4.79 Å². The van der Waals surface area contributed by atoms with Crippen LogP contribution in [0.1, 0.15) is 36.2 Å². The lowest BCUT2D eigenvalue weighted by molar-refractivity contribution is 0.0307. The third-order valence-electron chi connectivity index (χ3n) is 7.08. The zero-order valence-corrected chi connectivity index (χ0v) is 18.3. The van der Waals surface area contributed by atoms with Crippen LogP contribution in [0.2, 0.25) is 0 Å². The van der Waals surface area contributed by atoms with Gasteiger partial charge >= 0.3 is 0 Å². The summed E-state index contributed by atoms with van der Waals surface area (Å²) in [5, 5.41) is 12.0. The standard InChI is InChI=1S/C23H27N7O2/c1-29-11-14-7-17(19(32-2)8-16(14)28-29)27-22(31)18-9-25-21(10-24-18)30-12-23(13-30)6-5-20(23)26-15-3-4-15/h7-11,15,20,26H,3-6,12-13H2,1-2H3,(H,27,31). The van der Waals surface area contributed by atoms with Gasteiger partial charge in [-0.05, 0) is 31.7 Å². The van der Waals surface area contributed by atoms with Crippen molar-refractivity contribution in [2.24, 2.45) is 12.5 Å². The predicted molar refractivity (Wildman–Crippen MR) is 121 cm³/mol. The van der Waals surface area contributed by atoms with Gasteiger partial charge in [-0.2, -0.15) is 5.10 Å². The first-order valence-electron chi connectivity index (χ1n) is 11.2. The second kappa shape index (κ2) is 7.16. The van der Waals surface area contributed by atoms with Crippen LogP contribution < -0.4 is 20.3 Å². The maximum Gasteiger partial charge on any atom is 0.275 e. The van der Waals surface area contributed by atoms with E-state index in [1.807, 2.05) is 25.4 Å². The lowest BCUT2D eigenvalue weighted by Crippen LogP contribution is -2.70. The fraction of sp³-hybridized carbons (Fsp3) is 0.478. The SMILES string of the molecule is COc1cc2nn(C)cc2cc1NC(=O)c1cnc(N2CC3(CCC3NC3CC3)C2)cn1. The van der Waals surface area contributed by atoms with Gasteiger partial charge in [0.2, 0.25) is 0 Å². The van der Waals surface area contributed by atoms with Gasteiger partial charge in [-0.3, -0.25) is 9.48 Å². The molecule has 3 heterocycles. The number of ether oxygens (including phenoxy) is 1. The second-order valence-corrected chi connectivity index (χ2v) is 9.38. The number of carbonyl (C=O) groups excluding carboxylic acids is 1. The van der Waals surface area contributed by atoms with Crippen LogP contribution in [0.3, 0.4) is 0 Å². The Kier molecular flexibility index (Phi) is 4.36. The lowest BCUT2D eigenvalue weighted by atomic mass is 9.59. The van der Waals surface area contributed by atoms with Gasteiger partial charge in [-0.25, -0.2) is 9.97 Å². The number of methoxy groups -OCH3 is 1. The number of nitrogens with zero attached hydrogens (tertiary/aromatic N) is 5. The summed E-state index contributed by atoms with van der Waals surface area (Å²) in [6, 6.07) is 5.06. The second-order valence-electron chi connectivity index (χ2n) is 9.38. The average Bonchev–Trinajstić information content (AvgIpc) is 3.50. The Morgan fingerprint density at radius 3 is 2.69 bits per heavy atom. The van der Waals surface area contributed by atoms with Gasteiger partial charge in [0.1, 0.15) is 17.3 Å². The molecule has 3 aromatic rings. The molecule has 1 aromatic carbocycles. The molecule has 1 unspecified atom stereocenters. The smallest absolute Gasteiger partial charge is 0.275 e. The van der Waals surface area contributed by atoms with Crippen molar-refractivity contribution in [2.45, 2.75) is 37.8 Å². The van der Waals surface area contributed by atoms with Gasteiger partial charge in [0.15, 0.2) is 0 Å². The number of hydrogen-bond donors (Lipinski definition) is 2. The largest absolute Gasteiger partial charge is 0.494 e. The lowest BCUT2D eigenvalue weighted by Gasteiger charge is -2.61. The fourth-order valence-corrected chi connectivity index (χ4v) is 4.98. The van der Waals surface area contributed by atoms with Crippen molar-refractivity contribution in [3.63, 3.8) is 0 Å². The quantitative estimate of drug-likeness (QED) is 0.616. The number of benzene rings is 1. The van der Waals surface area contributed by atoms with Crippen LogP contribution in [0, 0.1) is 5.41 Å². The van der Waals surface area contributed by atoms with Crippen molar-refractivity contribution in [3.05, 3.63) is 36.4 Å². The van der Waals surface area contributed by atoms with Crippen LogP contribution in [-0.4, -0.2) is 57.9 Å². The number of rotatable bonds is 6. The Labute approximate surface area is 186 Å². The minimum Gasteiger partial charge on any atom is -0.494 e. The molecule has 1 amide bonds. The molecule has 166 valence electrons. The molecule has 2 aliphatic carbocycles. The first-order valence-corrected chi connectivity index (χ1v) is 11.2. The summed E-state index contributed by atoms with van der Waals surface area (Å²) in [6.45, 7) is 2.03. The molecule has 2 aromatic heterocycles. The highest BCUT2D eigenvalue weighted by Gasteiger charge is 2.55. The summed E-state index contributed by atoms with van der Waals surface area (Å²) in [5.74, 6) is 1.06. The summed E-state index contributed by atoms with van der Waals surface area (Å²) in [5.41, 5.74) is 2.06. The van der Waals surface area contributed by atoms with Gasteiger partial charge in [0, 0.05) is 55.3 Å². The molecule has 0 bridgehead atoms. The molecule has 1 saturated heterocycles. The van der Waals surface area contributed by atoms with E-state index in [0.29, 0.717) is 22.9 Å². The number of aryl methyl sites for hydroxylation is 1.